The molecule has 114 valence electrons. The number of nitrogens with two attached hydrogens (primary N) is 1. The van der Waals surface area contributed by atoms with Gasteiger partial charge in [0, 0.05) is 35.1 Å². The van der Waals surface area contributed by atoms with E-state index in [4.69, 9.17) is 15.2 Å². The average Bonchev–Trinajstić information content (AvgIpc) is 3.09. The fourth-order valence-electron chi connectivity index (χ4n) is 4.24. The zero-order chi connectivity index (χ0) is 14.8. The fraction of sp³-hybridized carbons (Fsp3) is 0.647. The molecule has 0 amide bonds. The predicted molar refractivity (Wildman–Crippen MR) is 86.1 cm³/mol. The van der Waals surface area contributed by atoms with Gasteiger partial charge in [0.05, 0.1) is 4.47 Å². The van der Waals surface area contributed by atoms with Crippen LogP contribution in [-0.4, -0.2) is 12.2 Å². The maximum atomic E-state index is 6.82. The Kier molecular flexibility index (Phi) is 3.06. The number of fused-ring (bicyclic) bond motifs is 2. The van der Waals surface area contributed by atoms with E-state index >= 15 is 0 Å². The highest BCUT2D eigenvalue weighted by atomic mass is 79.9. The molecule has 21 heavy (non-hydrogen) atoms. The molecule has 4 heteroatoms. The van der Waals surface area contributed by atoms with E-state index in [1.807, 2.05) is 0 Å². The van der Waals surface area contributed by atoms with Crippen molar-refractivity contribution < 1.29 is 9.47 Å². The molecular formula is C17H22BrNO2. The van der Waals surface area contributed by atoms with Gasteiger partial charge in [0.2, 0.25) is 0 Å². The van der Waals surface area contributed by atoms with E-state index in [-0.39, 0.29) is 17.7 Å². The molecule has 0 bridgehead atoms. The lowest BCUT2D eigenvalue weighted by atomic mass is 9.82. The fourth-order valence-corrected chi connectivity index (χ4v) is 4.92. The molecule has 3 nitrogen and oxygen atoms in total. The van der Waals surface area contributed by atoms with Gasteiger partial charge >= 0.3 is 0 Å². The molecule has 1 aliphatic carbocycles. The van der Waals surface area contributed by atoms with Crippen LogP contribution < -0.4 is 15.2 Å². The van der Waals surface area contributed by atoms with Gasteiger partial charge in [-0.15, -0.1) is 0 Å². The van der Waals surface area contributed by atoms with Gasteiger partial charge in [-0.05, 0) is 42.6 Å². The van der Waals surface area contributed by atoms with E-state index in [0.717, 1.165) is 41.7 Å². The number of hydrogen-bond donors (Lipinski definition) is 1. The van der Waals surface area contributed by atoms with Gasteiger partial charge in [0.15, 0.2) is 0 Å². The summed E-state index contributed by atoms with van der Waals surface area (Å²) >= 11 is 3.75. The average molecular weight is 352 g/mol. The highest BCUT2D eigenvalue weighted by Crippen LogP contribution is 2.54. The van der Waals surface area contributed by atoms with Gasteiger partial charge in [-0.25, -0.2) is 0 Å². The number of benzene rings is 1. The van der Waals surface area contributed by atoms with Crippen molar-refractivity contribution in [3.8, 4) is 11.5 Å². The molecule has 2 N–H and O–H groups in total. The topological polar surface area (TPSA) is 44.5 Å². The van der Waals surface area contributed by atoms with E-state index in [9.17, 15) is 0 Å². The molecule has 0 radical (unpaired) electrons. The Labute approximate surface area is 134 Å². The van der Waals surface area contributed by atoms with Crippen LogP contribution in [0.1, 0.15) is 56.2 Å². The Hall–Kier alpha value is -0.740. The zero-order valence-corrected chi connectivity index (χ0v) is 14.3. The lowest BCUT2D eigenvalue weighted by Gasteiger charge is -2.29. The minimum absolute atomic E-state index is 0.222. The highest BCUT2D eigenvalue weighted by Gasteiger charge is 2.43. The van der Waals surface area contributed by atoms with Crippen LogP contribution in [0.5, 0.6) is 11.5 Å². The second-order valence-electron chi connectivity index (χ2n) is 6.93. The van der Waals surface area contributed by atoms with E-state index < -0.39 is 0 Å². The van der Waals surface area contributed by atoms with Crippen LogP contribution in [0.2, 0.25) is 0 Å². The molecule has 0 aromatic heterocycles. The first-order chi connectivity index (χ1) is 9.99. The molecule has 2 aliphatic heterocycles. The van der Waals surface area contributed by atoms with Crippen LogP contribution >= 0.6 is 15.9 Å². The molecule has 2 unspecified atom stereocenters. The first kappa shape index (κ1) is 13.9. The van der Waals surface area contributed by atoms with Crippen LogP contribution in [0.15, 0.2) is 4.47 Å². The third-order valence-corrected chi connectivity index (χ3v) is 5.99. The molecule has 2 atom stereocenters. The lowest BCUT2D eigenvalue weighted by Crippen LogP contribution is -2.35. The van der Waals surface area contributed by atoms with Gasteiger partial charge in [-0.3, -0.25) is 0 Å². The van der Waals surface area contributed by atoms with E-state index in [1.165, 1.54) is 29.5 Å². The maximum Gasteiger partial charge on any atom is 0.138 e. The Morgan fingerprint density at radius 3 is 2.24 bits per heavy atom. The van der Waals surface area contributed by atoms with Gasteiger partial charge in [-0.2, -0.15) is 0 Å². The third-order valence-electron chi connectivity index (χ3n) is 5.16. The lowest BCUT2D eigenvalue weighted by molar-refractivity contribution is 0.246. The summed E-state index contributed by atoms with van der Waals surface area (Å²) in [5.41, 5.74) is 10.4. The summed E-state index contributed by atoms with van der Waals surface area (Å²) in [6.45, 7) is 4.26. The second kappa shape index (κ2) is 4.63. The SMILES string of the molecule is CC1Cc2c(c(Br)c3c(c2C2(N)CCCC2)OC(C)C3)O1. The minimum Gasteiger partial charge on any atom is -0.490 e. The first-order valence-corrected chi connectivity index (χ1v) is 8.79. The van der Waals surface area contributed by atoms with Crippen LogP contribution in [0.3, 0.4) is 0 Å². The zero-order valence-electron chi connectivity index (χ0n) is 12.7. The van der Waals surface area contributed by atoms with Crippen molar-refractivity contribution in [3.05, 3.63) is 21.2 Å². The van der Waals surface area contributed by atoms with Crippen molar-refractivity contribution in [2.24, 2.45) is 5.73 Å². The summed E-state index contributed by atoms with van der Waals surface area (Å²) in [4.78, 5) is 0. The van der Waals surface area contributed by atoms with E-state index in [1.54, 1.807) is 0 Å². The van der Waals surface area contributed by atoms with Crippen molar-refractivity contribution in [1.29, 1.82) is 0 Å². The van der Waals surface area contributed by atoms with E-state index in [0.29, 0.717) is 0 Å². The molecule has 1 fully saturated rings. The molecule has 1 aromatic carbocycles. The quantitative estimate of drug-likeness (QED) is 0.836. The normalized spacial score (nSPS) is 29.0. The van der Waals surface area contributed by atoms with Crippen molar-refractivity contribution in [2.75, 3.05) is 0 Å². The monoisotopic (exact) mass is 351 g/mol. The van der Waals surface area contributed by atoms with Gasteiger partial charge in [0.1, 0.15) is 23.7 Å². The van der Waals surface area contributed by atoms with Crippen molar-refractivity contribution in [1.82, 2.24) is 0 Å². The standard InChI is InChI=1S/C17H22BrNO2/c1-9-7-11-13(17(19)5-3-4-6-17)15-12(8-10(2)20-15)14(18)16(11)21-9/h9-10H,3-8,19H2,1-2H3. The van der Waals surface area contributed by atoms with Crippen LogP contribution in [0, 0.1) is 0 Å². The molecule has 3 aliphatic rings. The molecule has 1 saturated carbocycles. The Bertz CT molecular complexity index is 568. The number of ether oxygens (including phenoxy) is 2. The van der Waals surface area contributed by atoms with Crippen LogP contribution in [-0.2, 0) is 18.4 Å². The highest BCUT2D eigenvalue weighted by molar-refractivity contribution is 9.10. The summed E-state index contributed by atoms with van der Waals surface area (Å²) in [5.74, 6) is 2.07. The van der Waals surface area contributed by atoms with Gasteiger partial charge < -0.3 is 15.2 Å². The maximum absolute atomic E-state index is 6.82. The predicted octanol–water partition coefficient (Wildman–Crippen LogP) is 3.82. The molecule has 2 heterocycles. The first-order valence-electron chi connectivity index (χ1n) is 7.99. The Morgan fingerprint density at radius 1 is 1.00 bits per heavy atom. The minimum atomic E-state index is -0.230. The van der Waals surface area contributed by atoms with Crippen molar-refractivity contribution >= 4 is 15.9 Å². The molecule has 0 saturated heterocycles. The summed E-state index contributed by atoms with van der Waals surface area (Å²) in [5, 5.41) is 0. The molecular weight excluding hydrogens is 330 g/mol. The summed E-state index contributed by atoms with van der Waals surface area (Å²) in [6, 6.07) is 0. The Morgan fingerprint density at radius 2 is 1.57 bits per heavy atom. The van der Waals surface area contributed by atoms with Gasteiger partial charge in [-0.1, -0.05) is 12.8 Å². The number of rotatable bonds is 1. The van der Waals surface area contributed by atoms with Crippen molar-refractivity contribution in [2.45, 2.75) is 70.1 Å². The van der Waals surface area contributed by atoms with Gasteiger partial charge in [0.25, 0.3) is 0 Å². The summed E-state index contributed by atoms with van der Waals surface area (Å²) in [7, 11) is 0. The smallest absolute Gasteiger partial charge is 0.138 e. The summed E-state index contributed by atoms with van der Waals surface area (Å²) in [6.07, 6.45) is 6.85. The van der Waals surface area contributed by atoms with Crippen LogP contribution in [0.25, 0.3) is 0 Å². The second-order valence-corrected chi connectivity index (χ2v) is 7.73. The van der Waals surface area contributed by atoms with Crippen LogP contribution in [0.4, 0.5) is 0 Å². The largest absolute Gasteiger partial charge is 0.490 e. The molecule has 4 rings (SSSR count). The molecule has 1 aromatic rings. The number of hydrogen-bond acceptors (Lipinski definition) is 3. The molecule has 0 spiro atoms. The third kappa shape index (κ3) is 1.95. The Balaban J connectivity index is 1.97. The summed E-state index contributed by atoms with van der Waals surface area (Å²) < 4.78 is 13.4. The van der Waals surface area contributed by atoms with Crippen molar-refractivity contribution in [3.63, 3.8) is 0 Å². The van der Waals surface area contributed by atoms with E-state index in [2.05, 4.69) is 29.8 Å². The number of halogens is 1.